The fourth-order valence-corrected chi connectivity index (χ4v) is 2.62. The fraction of sp³-hybridized carbons (Fsp3) is 0.529. The second kappa shape index (κ2) is 5.88. The van der Waals surface area contributed by atoms with Gasteiger partial charge in [0.1, 0.15) is 0 Å². The van der Waals surface area contributed by atoms with E-state index < -0.39 is 5.97 Å². The highest BCUT2D eigenvalue weighted by Crippen LogP contribution is 2.23. The molecule has 0 aliphatic carbocycles. The summed E-state index contributed by atoms with van der Waals surface area (Å²) in [6.07, 6.45) is 1.09. The van der Waals surface area contributed by atoms with E-state index in [-0.39, 0.29) is 17.2 Å². The maximum Gasteiger partial charge on any atom is 0.306 e. The second-order valence-electron chi connectivity index (χ2n) is 6.73. The lowest BCUT2D eigenvalue weighted by Crippen LogP contribution is -2.40. The normalized spacial score (nSPS) is 16.8. The van der Waals surface area contributed by atoms with Gasteiger partial charge in [0.2, 0.25) is 0 Å². The maximum atomic E-state index is 12.4. The molecule has 0 spiro atoms. The number of carboxylic acid groups (broad SMARTS) is 1. The Kier molecular flexibility index (Phi) is 4.35. The van der Waals surface area contributed by atoms with Crippen LogP contribution in [0.2, 0.25) is 0 Å². The molecule has 1 N–H and O–H groups in total. The molecule has 0 bridgehead atoms. The number of carbonyl (C=O) groups excluding carboxylic acids is 1. The average molecular weight is 289 g/mol. The number of carbonyl (C=O) groups is 2. The van der Waals surface area contributed by atoms with E-state index in [1.807, 2.05) is 24.3 Å². The van der Waals surface area contributed by atoms with Crippen molar-refractivity contribution in [2.45, 2.75) is 39.0 Å². The number of hydrogen-bond donors (Lipinski definition) is 1. The minimum Gasteiger partial charge on any atom is -0.481 e. The first-order valence-corrected chi connectivity index (χ1v) is 7.41. The van der Waals surface area contributed by atoms with Crippen LogP contribution in [0.1, 0.15) is 49.5 Å². The number of rotatable bonds is 2. The standard InChI is InChI=1S/C17H23NO3/c1-17(2,3)14-6-4-12(5-7-14)15(19)18-10-8-13(9-11-18)16(20)21/h4-7,13H,8-11H2,1-3H3,(H,20,21). The van der Waals surface area contributed by atoms with Crippen molar-refractivity contribution in [3.05, 3.63) is 35.4 Å². The summed E-state index contributed by atoms with van der Waals surface area (Å²) in [6.45, 7) is 7.47. The lowest BCUT2D eigenvalue weighted by atomic mass is 9.86. The number of hydrogen-bond acceptors (Lipinski definition) is 2. The molecule has 1 aliphatic heterocycles. The Morgan fingerprint density at radius 2 is 1.62 bits per heavy atom. The molecule has 21 heavy (non-hydrogen) atoms. The number of amides is 1. The van der Waals surface area contributed by atoms with Crippen LogP contribution in [0.4, 0.5) is 0 Å². The highest BCUT2D eigenvalue weighted by atomic mass is 16.4. The zero-order valence-corrected chi connectivity index (χ0v) is 12.9. The van der Waals surface area contributed by atoms with Crippen LogP contribution in [-0.4, -0.2) is 35.0 Å². The topological polar surface area (TPSA) is 57.6 Å². The molecule has 1 heterocycles. The van der Waals surface area contributed by atoms with E-state index in [0.29, 0.717) is 31.5 Å². The minimum absolute atomic E-state index is 0.000650. The van der Waals surface area contributed by atoms with Gasteiger partial charge >= 0.3 is 5.97 Å². The monoisotopic (exact) mass is 289 g/mol. The summed E-state index contributed by atoms with van der Waals surface area (Å²) in [6, 6.07) is 7.73. The Labute approximate surface area is 125 Å². The van der Waals surface area contributed by atoms with Crippen molar-refractivity contribution in [2.75, 3.05) is 13.1 Å². The maximum absolute atomic E-state index is 12.4. The van der Waals surface area contributed by atoms with Gasteiger partial charge in [0.05, 0.1) is 5.92 Å². The number of carboxylic acids is 1. The van der Waals surface area contributed by atoms with Crippen LogP contribution in [-0.2, 0) is 10.2 Å². The molecule has 1 fully saturated rings. The zero-order valence-electron chi connectivity index (χ0n) is 12.9. The number of piperidine rings is 1. The summed E-state index contributed by atoms with van der Waals surface area (Å²) < 4.78 is 0. The number of nitrogens with zero attached hydrogens (tertiary/aromatic N) is 1. The van der Waals surface area contributed by atoms with Gasteiger partial charge in [0.25, 0.3) is 5.91 Å². The first-order chi connectivity index (χ1) is 9.79. The third kappa shape index (κ3) is 3.63. The number of likely N-dealkylation sites (tertiary alicyclic amines) is 1. The van der Waals surface area contributed by atoms with E-state index in [2.05, 4.69) is 20.8 Å². The molecular weight excluding hydrogens is 266 g/mol. The molecule has 0 aromatic heterocycles. The van der Waals surface area contributed by atoms with Gasteiger partial charge in [0.15, 0.2) is 0 Å². The van der Waals surface area contributed by atoms with Gasteiger partial charge in [-0.05, 0) is 36.0 Å². The molecule has 1 aromatic rings. The van der Waals surface area contributed by atoms with Crippen molar-refractivity contribution in [1.29, 1.82) is 0 Å². The summed E-state index contributed by atoms with van der Waals surface area (Å²) in [5, 5.41) is 8.98. The smallest absolute Gasteiger partial charge is 0.306 e. The van der Waals surface area contributed by atoms with Gasteiger partial charge in [-0.2, -0.15) is 0 Å². The van der Waals surface area contributed by atoms with Crippen molar-refractivity contribution in [3.63, 3.8) is 0 Å². The van der Waals surface area contributed by atoms with Gasteiger partial charge in [-0.3, -0.25) is 9.59 Å². The van der Waals surface area contributed by atoms with Crippen molar-refractivity contribution in [3.8, 4) is 0 Å². The van der Waals surface area contributed by atoms with Crippen LogP contribution in [0, 0.1) is 5.92 Å². The van der Waals surface area contributed by atoms with Gasteiger partial charge < -0.3 is 10.0 Å². The zero-order chi connectivity index (χ0) is 15.6. The van der Waals surface area contributed by atoms with Crippen LogP contribution in [0.15, 0.2) is 24.3 Å². The lowest BCUT2D eigenvalue weighted by Gasteiger charge is -2.30. The Balaban J connectivity index is 2.03. The third-order valence-electron chi connectivity index (χ3n) is 4.13. The molecule has 4 nitrogen and oxygen atoms in total. The fourth-order valence-electron chi connectivity index (χ4n) is 2.62. The van der Waals surface area contributed by atoms with Crippen LogP contribution in [0.3, 0.4) is 0 Å². The van der Waals surface area contributed by atoms with Gasteiger partial charge in [-0.1, -0.05) is 32.9 Å². The van der Waals surface area contributed by atoms with E-state index in [1.165, 1.54) is 5.56 Å². The van der Waals surface area contributed by atoms with Gasteiger partial charge in [0, 0.05) is 18.7 Å². The SMILES string of the molecule is CC(C)(C)c1ccc(C(=O)N2CCC(C(=O)O)CC2)cc1. The number of aliphatic carboxylic acids is 1. The lowest BCUT2D eigenvalue weighted by molar-refractivity contribution is -0.143. The van der Waals surface area contributed by atoms with Crippen LogP contribution in [0.25, 0.3) is 0 Å². The Bertz CT molecular complexity index is 520. The first kappa shape index (κ1) is 15.5. The van der Waals surface area contributed by atoms with Gasteiger partial charge in [-0.15, -0.1) is 0 Å². The highest BCUT2D eigenvalue weighted by molar-refractivity contribution is 5.94. The molecule has 0 unspecified atom stereocenters. The quantitative estimate of drug-likeness (QED) is 0.910. The third-order valence-corrected chi connectivity index (χ3v) is 4.13. The summed E-state index contributed by atoms with van der Waals surface area (Å²) in [5.74, 6) is -1.06. The molecule has 1 aromatic carbocycles. The predicted molar refractivity (Wildman–Crippen MR) is 81.4 cm³/mol. The molecule has 1 aliphatic rings. The Morgan fingerprint density at radius 1 is 1.10 bits per heavy atom. The van der Waals surface area contributed by atoms with Crippen LogP contribution in [0.5, 0.6) is 0 Å². The molecular formula is C17H23NO3. The van der Waals surface area contributed by atoms with E-state index in [1.54, 1.807) is 4.90 Å². The van der Waals surface area contributed by atoms with Crippen molar-refractivity contribution >= 4 is 11.9 Å². The van der Waals surface area contributed by atoms with Gasteiger partial charge in [-0.25, -0.2) is 0 Å². The molecule has 2 rings (SSSR count). The molecule has 0 radical (unpaired) electrons. The molecule has 1 saturated heterocycles. The molecule has 1 amide bonds. The Morgan fingerprint density at radius 3 is 2.05 bits per heavy atom. The van der Waals surface area contributed by atoms with E-state index in [4.69, 9.17) is 5.11 Å². The first-order valence-electron chi connectivity index (χ1n) is 7.41. The summed E-state index contributed by atoms with van der Waals surface area (Å²) in [5.41, 5.74) is 1.95. The van der Waals surface area contributed by atoms with E-state index in [0.717, 1.165) is 0 Å². The molecule has 4 heteroatoms. The Hall–Kier alpha value is -1.84. The molecule has 0 saturated carbocycles. The van der Waals surface area contributed by atoms with Crippen molar-refractivity contribution < 1.29 is 14.7 Å². The average Bonchev–Trinajstić information content (AvgIpc) is 2.46. The number of benzene rings is 1. The minimum atomic E-state index is -0.753. The molecule has 0 atom stereocenters. The second-order valence-corrected chi connectivity index (χ2v) is 6.73. The van der Waals surface area contributed by atoms with Crippen LogP contribution >= 0.6 is 0 Å². The van der Waals surface area contributed by atoms with Crippen LogP contribution < -0.4 is 0 Å². The largest absolute Gasteiger partial charge is 0.481 e. The van der Waals surface area contributed by atoms with Crippen molar-refractivity contribution in [2.24, 2.45) is 5.92 Å². The summed E-state index contributed by atoms with van der Waals surface area (Å²) in [4.78, 5) is 25.1. The summed E-state index contributed by atoms with van der Waals surface area (Å²) >= 11 is 0. The highest BCUT2D eigenvalue weighted by Gasteiger charge is 2.27. The van der Waals surface area contributed by atoms with E-state index >= 15 is 0 Å². The predicted octanol–water partition coefficient (Wildman–Crippen LogP) is 2.92. The molecule has 114 valence electrons. The van der Waals surface area contributed by atoms with E-state index in [9.17, 15) is 9.59 Å². The van der Waals surface area contributed by atoms with Crippen molar-refractivity contribution in [1.82, 2.24) is 4.90 Å². The summed E-state index contributed by atoms with van der Waals surface area (Å²) in [7, 11) is 0.